The Bertz CT molecular complexity index is 731. The zero-order valence-corrected chi connectivity index (χ0v) is 13.4. The van der Waals surface area contributed by atoms with Crippen LogP contribution < -0.4 is 14.8 Å². The molecule has 0 aliphatic carbocycles. The minimum Gasteiger partial charge on any atom is -0.493 e. The van der Waals surface area contributed by atoms with E-state index < -0.39 is 0 Å². The van der Waals surface area contributed by atoms with Crippen LogP contribution in [-0.2, 0) is 7.05 Å². The standard InChI is InChI=1S/C17H19N3O3/c1-12(11-23-16-7-5-4-6-15(16)22-3)19-17(21)14-8-13(9-18)10-20(14)2/h4-8,10,12H,11H2,1-3H3,(H,19,21). The van der Waals surface area contributed by atoms with Crippen LogP contribution in [0.1, 0.15) is 23.0 Å². The molecular formula is C17H19N3O3. The summed E-state index contributed by atoms with van der Waals surface area (Å²) >= 11 is 0. The minimum absolute atomic E-state index is 0.201. The predicted molar refractivity (Wildman–Crippen MR) is 85.5 cm³/mol. The molecule has 0 aliphatic rings. The summed E-state index contributed by atoms with van der Waals surface area (Å²) in [6.45, 7) is 2.16. The Kier molecular flexibility index (Phi) is 5.26. The lowest BCUT2D eigenvalue weighted by Crippen LogP contribution is -2.37. The van der Waals surface area contributed by atoms with E-state index in [2.05, 4.69) is 5.32 Å². The number of nitriles is 1. The highest BCUT2D eigenvalue weighted by Gasteiger charge is 2.15. The monoisotopic (exact) mass is 313 g/mol. The molecule has 1 amide bonds. The van der Waals surface area contributed by atoms with Crippen molar-refractivity contribution in [2.24, 2.45) is 7.05 Å². The molecule has 6 nitrogen and oxygen atoms in total. The van der Waals surface area contributed by atoms with Crippen LogP contribution in [0.25, 0.3) is 0 Å². The van der Waals surface area contributed by atoms with E-state index in [0.717, 1.165) is 0 Å². The number of carbonyl (C=O) groups excluding carboxylic acids is 1. The average molecular weight is 313 g/mol. The number of amides is 1. The molecule has 2 rings (SSSR count). The topological polar surface area (TPSA) is 76.3 Å². The molecular weight excluding hydrogens is 294 g/mol. The fraction of sp³-hybridized carbons (Fsp3) is 0.294. The normalized spacial score (nSPS) is 11.4. The van der Waals surface area contributed by atoms with Crippen molar-refractivity contribution in [2.45, 2.75) is 13.0 Å². The highest BCUT2D eigenvalue weighted by molar-refractivity contribution is 5.93. The highest BCUT2D eigenvalue weighted by atomic mass is 16.5. The Balaban J connectivity index is 1.94. The summed E-state index contributed by atoms with van der Waals surface area (Å²) in [4.78, 5) is 12.2. The zero-order chi connectivity index (χ0) is 16.8. The van der Waals surface area contributed by atoms with E-state index in [-0.39, 0.29) is 11.9 Å². The van der Waals surface area contributed by atoms with Crippen LogP contribution in [0.15, 0.2) is 36.5 Å². The van der Waals surface area contributed by atoms with Crippen LogP contribution in [0.5, 0.6) is 11.5 Å². The van der Waals surface area contributed by atoms with Crippen molar-refractivity contribution in [2.75, 3.05) is 13.7 Å². The Morgan fingerprint density at radius 1 is 1.39 bits per heavy atom. The van der Waals surface area contributed by atoms with Gasteiger partial charge in [0.2, 0.25) is 0 Å². The number of hydrogen-bond acceptors (Lipinski definition) is 4. The summed E-state index contributed by atoms with van der Waals surface area (Å²) in [5.41, 5.74) is 0.890. The number of carbonyl (C=O) groups is 1. The second-order valence-electron chi connectivity index (χ2n) is 5.17. The van der Waals surface area contributed by atoms with E-state index in [1.165, 1.54) is 0 Å². The minimum atomic E-state index is -0.245. The second-order valence-corrected chi connectivity index (χ2v) is 5.17. The number of aromatic nitrogens is 1. The molecule has 23 heavy (non-hydrogen) atoms. The number of aryl methyl sites for hydroxylation is 1. The van der Waals surface area contributed by atoms with Gasteiger partial charge in [0.1, 0.15) is 18.4 Å². The molecule has 1 aromatic carbocycles. The molecule has 0 aliphatic heterocycles. The first-order valence-corrected chi connectivity index (χ1v) is 7.18. The smallest absolute Gasteiger partial charge is 0.268 e. The summed E-state index contributed by atoms with van der Waals surface area (Å²) in [6, 6.07) is 10.7. The van der Waals surface area contributed by atoms with Gasteiger partial charge in [0.15, 0.2) is 11.5 Å². The molecule has 0 spiro atoms. The lowest BCUT2D eigenvalue weighted by Gasteiger charge is -2.16. The summed E-state index contributed by atoms with van der Waals surface area (Å²) in [6.07, 6.45) is 1.62. The quantitative estimate of drug-likeness (QED) is 0.886. The third-order valence-electron chi connectivity index (χ3n) is 3.30. The first-order chi connectivity index (χ1) is 11.0. The van der Waals surface area contributed by atoms with Gasteiger partial charge in [-0.1, -0.05) is 12.1 Å². The molecule has 0 fully saturated rings. The SMILES string of the molecule is COc1ccccc1OCC(C)NC(=O)c1cc(C#N)cn1C. The lowest BCUT2D eigenvalue weighted by molar-refractivity contribution is 0.0918. The summed E-state index contributed by atoms with van der Waals surface area (Å²) in [7, 11) is 3.31. The first-order valence-electron chi connectivity index (χ1n) is 7.18. The van der Waals surface area contributed by atoms with Gasteiger partial charge < -0.3 is 19.4 Å². The van der Waals surface area contributed by atoms with Gasteiger partial charge >= 0.3 is 0 Å². The van der Waals surface area contributed by atoms with Crippen molar-refractivity contribution in [3.05, 3.63) is 47.8 Å². The molecule has 1 heterocycles. The van der Waals surface area contributed by atoms with Crippen molar-refractivity contribution in [3.8, 4) is 17.6 Å². The van der Waals surface area contributed by atoms with E-state index in [4.69, 9.17) is 14.7 Å². The Hall–Kier alpha value is -2.94. The molecule has 0 bridgehead atoms. The molecule has 6 heteroatoms. The number of ether oxygens (including phenoxy) is 2. The molecule has 1 aromatic heterocycles. The van der Waals surface area contributed by atoms with Gasteiger partial charge in [-0.3, -0.25) is 4.79 Å². The Morgan fingerprint density at radius 3 is 2.70 bits per heavy atom. The van der Waals surface area contributed by atoms with Gasteiger partial charge in [0.05, 0.1) is 18.7 Å². The first kappa shape index (κ1) is 16.4. The van der Waals surface area contributed by atoms with Crippen LogP contribution in [0.3, 0.4) is 0 Å². The fourth-order valence-corrected chi connectivity index (χ4v) is 2.14. The summed E-state index contributed by atoms with van der Waals surface area (Å²) < 4.78 is 12.5. The Labute approximate surface area is 135 Å². The average Bonchev–Trinajstić information content (AvgIpc) is 2.94. The van der Waals surface area contributed by atoms with Crippen LogP contribution in [0.2, 0.25) is 0 Å². The largest absolute Gasteiger partial charge is 0.493 e. The van der Waals surface area contributed by atoms with Crippen molar-refractivity contribution in [1.82, 2.24) is 9.88 Å². The second kappa shape index (κ2) is 7.36. The van der Waals surface area contributed by atoms with Crippen molar-refractivity contribution in [1.29, 1.82) is 5.26 Å². The maximum atomic E-state index is 12.2. The highest BCUT2D eigenvalue weighted by Crippen LogP contribution is 2.25. The van der Waals surface area contributed by atoms with E-state index in [1.807, 2.05) is 37.3 Å². The number of hydrogen-bond donors (Lipinski definition) is 1. The number of nitrogens with one attached hydrogen (secondary N) is 1. The number of rotatable bonds is 6. The summed E-state index contributed by atoms with van der Waals surface area (Å²) in [5.74, 6) is 1.03. The van der Waals surface area contributed by atoms with E-state index in [1.54, 1.807) is 31.0 Å². The molecule has 120 valence electrons. The Morgan fingerprint density at radius 2 is 2.09 bits per heavy atom. The van der Waals surface area contributed by atoms with Gasteiger partial charge in [0.25, 0.3) is 5.91 Å². The van der Waals surface area contributed by atoms with Gasteiger partial charge in [-0.25, -0.2) is 0 Å². The van der Waals surface area contributed by atoms with Gasteiger partial charge in [-0.2, -0.15) is 5.26 Å². The summed E-state index contributed by atoms with van der Waals surface area (Å²) in [5, 5.41) is 11.7. The van der Waals surface area contributed by atoms with Crippen molar-refractivity contribution >= 4 is 5.91 Å². The van der Waals surface area contributed by atoms with Crippen LogP contribution in [0, 0.1) is 11.3 Å². The zero-order valence-electron chi connectivity index (χ0n) is 13.4. The van der Waals surface area contributed by atoms with E-state index >= 15 is 0 Å². The third kappa shape index (κ3) is 4.04. The lowest BCUT2D eigenvalue weighted by atomic mass is 10.3. The van der Waals surface area contributed by atoms with Crippen LogP contribution >= 0.6 is 0 Å². The third-order valence-corrected chi connectivity index (χ3v) is 3.30. The van der Waals surface area contributed by atoms with Crippen molar-refractivity contribution in [3.63, 3.8) is 0 Å². The maximum Gasteiger partial charge on any atom is 0.268 e. The van der Waals surface area contributed by atoms with Crippen LogP contribution in [0.4, 0.5) is 0 Å². The molecule has 1 atom stereocenters. The number of nitrogens with zero attached hydrogens (tertiary/aromatic N) is 2. The van der Waals surface area contributed by atoms with Gasteiger partial charge in [-0.05, 0) is 25.1 Å². The van der Waals surface area contributed by atoms with Crippen molar-refractivity contribution < 1.29 is 14.3 Å². The fourth-order valence-electron chi connectivity index (χ4n) is 2.14. The van der Waals surface area contributed by atoms with E-state index in [9.17, 15) is 4.79 Å². The number of benzene rings is 1. The number of para-hydroxylation sites is 2. The molecule has 0 radical (unpaired) electrons. The number of methoxy groups -OCH3 is 1. The van der Waals surface area contributed by atoms with Crippen LogP contribution in [-0.4, -0.2) is 30.2 Å². The molecule has 0 saturated carbocycles. The molecule has 1 N–H and O–H groups in total. The molecule has 2 aromatic rings. The predicted octanol–water partition coefficient (Wildman–Crippen LogP) is 2.10. The molecule has 1 unspecified atom stereocenters. The van der Waals surface area contributed by atoms with Gasteiger partial charge in [-0.15, -0.1) is 0 Å². The molecule has 0 saturated heterocycles. The maximum absolute atomic E-state index is 12.2. The van der Waals surface area contributed by atoms with Gasteiger partial charge in [0, 0.05) is 13.2 Å². The van der Waals surface area contributed by atoms with E-state index in [0.29, 0.717) is 29.4 Å².